The third kappa shape index (κ3) is 4.97. The summed E-state index contributed by atoms with van der Waals surface area (Å²) in [4.78, 5) is 29.2. The quantitative estimate of drug-likeness (QED) is 0.669. The molecule has 2 saturated heterocycles. The second-order valence-corrected chi connectivity index (χ2v) is 10.0. The third-order valence-electron chi connectivity index (χ3n) is 6.76. The van der Waals surface area contributed by atoms with Crippen molar-refractivity contribution < 1.29 is 23.8 Å². The number of likely N-dealkylation sites (tertiary alicyclic amines) is 1. The number of piperidine rings is 1. The average molecular weight is 451 g/mol. The Bertz CT molecular complexity index is 796. The van der Waals surface area contributed by atoms with Crippen LogP contribution in [0.3, 0.4) is 0 Å². The van der Waals surface area contributed by atoms with Gasteiger partial charge in [-0.15, -0.1) is 11.3 Å². The van der Waals surface area contributed by atoms with Gasteiger partial charge in [-0.3, -0.25) is 9.69 Å². The lowest BCUT2D eigenvalue weighted by Crippen LogP contribution is -2.47. The van der Waals surface area contributed by atoms with Gasteiger partial charge in [-0.2, -0.15) is 0 Å². The van der Waals surface area contributed by atoms with E-state index in [0.29, 0.717) is 42.2 Å². The maximum absolute atomic E-state index is 13.1. The molecule has 1 aromatic heterocycles. The number of rotatable bonds is 6. The highest BCUT2D eigenvalue weighted by Gasteiger charge is 2.34. The Hall–Kier alpha value is -1.48. The first-order chi connectivity index (χ1) is 15.0. The molecule has 1 aromatic rings. The maximum Gasteiger partial charge on any atom is 0.341 e. The third-order valence-corrected chi connectivity index (χ3v) is 7.93. The molecule has 0 bridgehead atoms. The van der Waals surface area contributed by atoms with E-state index in [4.69, 9.17) is 14.2 Å². The smallest absolute Gasteiger partial charge is 0.341 e. The molecule has 1 amide bonds. The van der Waals surface area contributed by atoms with Crippen molar-refractivity contribution in [2.24, 2.45) is 11.8 Å². The van der Waals surface area contributed by atoms with E-state index in [0.717, 1.165) is 50.8 Å². The normalized spacial score (nSPS) is 24.0. The highest BCUT2D eigenvalue weighted by Crippen LogP contribution is 2.40. The monoisotopic (exact) mass is 450 g/mol. The average Bonchev–Trinajstić information content (AvgIpc) is 3.41. The number of amides is 1. The van der Waals surface area contributed by atoms with Crippen LogP contribution < -0.4 is 5.32 Å². The van der Waals surface area contributed by atoms with Crippen LogP contribution in [0.2, 0.25) is 0 Å². The standard InChI is InChI=1S/C23H34N2O5S/c1-4-28-22(27)19-17-6-5-14(2)13-18(17)31-21(19)24-20(26)15(3)25-9-7-16(8-10-25)23-29-11-12-30-23/h14-16,23H,4-13H2,1-3H3,(H,24,26)/t14-,15-/m0/s1. The van der Waals surface area contributed by atoms with Gasteiger partial charge in [0.1, 0.15) is 5.00 Å². The number of esters is 1. The first-order valence-corrected chi connectivity index (χ1v) is 12.4. The highest BCUT2D eigenvalue weighted by molar-refractivity contribution is 7.17. The van der Waals surface area contributed by atoms with Crippen LogP contribution in [0.25, 0.3) is 0 Å². The van der Waals surface area contributed by atoms with E-state index in [9.17, 15) is 9.59 Å². The minimum absolute atomic E-state index is 0.0657. The molecule has 0 saturated carbocycles. The summed E-state index contributed by atoms with van der Waals surface area (Å²) in [5.74, 6) is 0.604. The van der Waals surface area contributed by atoms with Crippen molar-refractivity contribution in [1.29, 1.82) is 0 Å². The van der Waals surface area contributed by atoms with Crippen LogP contribution in [0, 0.1) is 11.8 Å². The number of thiophene rings is 1. The van der Waals surface area contributed by atoms with E-state index < -0.39 is 0 Å². The zero-order chi connectivity index (χ0) is 22.0. The fourth-order valence-corrected chi connectivity index (χ4v) is 6.27. The molecule has 7 nitrogen and oxygen atoms in total. The summed E-state index contributed by atoms with van der Waals surface area (Å²) < 4.78 is 16.6. The lowest BCUT2D eigenvalue weighted by Gasteiger charge is -2.36. The Morgan fingerprint density at radius 2 is 1.94 bits per heavy atom. The predicted octanol–water partition coefficient (Wildman–Crippen LogP) is 3.46. The van der Waals surface area contributed by atoms with Crippen molar-refractivity contribution in [3.8, 4) is 0 Å². The van der Waals surface area contributed by atoms with Gasteiger partial charge in [0.2, 0.25) is 5.91 Å². The van der Waals surface area contributed by atoms with Gasteiger partial charge in [0, 0.05) is 10.8 Å². The number of fused-ring (bicyclic) bond motifs is 1. The van der Waals surface area contributed by atoms with Gasteiger partial charge in [0.05, 0.1) is 31.4 Å². The van der Waals surface area contributed by atoms with E-state index >= 15 is 0 Å². The zero-order valence-corrected chi connectivity index (χ0v) is 19.6. The second kappa shape index (κ2) is 9.98. The van der Waals surface area contributed by atoms with Crippen LogP contribution in [0.1, 0.15) is 60.8 Å². The van der Waals surface area contributed by atoms with Crippen LogP contribution in [-0.4, -0.2) is 62.0 Å². The summed E-state index contributed by atoms with van der Waals surface area (Å²) in [6.45, 7) is 9.34. The van der Waals surface area contributed by atoms with Gasteiger partial charge in [0.15, 0.2) is 6.29 Å². The number of carbonyl (C=O) groups is 2. The molecular formula is C23H34N2O5S. The van der Waals surface area contributed by atoms with Gasteiger partial charge in [0.25, 0.3) is 0 Å². The molecule has 8 heteroatoms. The van der Waals surface area contributed by atoms with Crippen molar-refractivity contribution in [2.75, 3.05) is 38.2 Å². The molecule has 4 rings (SSSR count). The first kappa shape index (κ1) is 22.7. The van der Waals surface area contributed by atoms with Gasteiger partial charge in [-0.05, 0) is 70.5 Å². The number of nitrogens with zero attached hydrogens (tertiary/aromatic N) is 1. The molecule has 3 heterocycles. The topological polar surface area (TPSA) is 77.1 Å². The lowest BCUT2D eigenvalue weighted by atomic mass is 9.88. The zero-order valence-electron chi connectivity index (χ0n) is 18.8. The van der Waals surface area contributed by atoms with Crippen LogP contribution >= 0.6 is 11.3 Å². The van der Waals surface area contributed by atoms with E-state index in [2.05, 4.69) is 17.1 Å². The van der Waals surface area contributed by atoms with E-state index in [1.807, 2.05) is 13.8 Å². The minimum Gasteiger partial charge on any atom is -0.462 e. The largest absolute Gasteiger partial charge is 0.462 e. The molecule has 172 valence electrons. The molecule has 0 aromatic carbocycles. The Labute approximate surface area is 188 Å². The predicted molar refractivity (Wildman–Crippen MR) is 120 cm³/mol. The maximum atomic E-state index is 13.1. The molecule has 1 N–H and O–H groups in total. The fraction of sp³-hybridized carbons (Fsp3) is 0.739. The second-order valence-electron chi connectivity index (χ2n) is 8.92. The number of ether oxygens (including phenoxy) is 3. The molecule has 2 fully saturated rings. The van der Waals surface area contributed by atoms with Crippen LogP contribution in [-0.2, 0) is 31.8 Å². The summed E-state index contributed by atoms with van der Waals surface area (Å²) in [5.41, 5.74) is 1.64. The van der Waals surface area contributed by atoms with E-state index in [1.165, 1.54) is 4.88 Å². The lowest BCUT2D eigenvalue weighted by molar-refractivity contribution is -0.123. The van der Waals surface area contributed by atoms with Crippen LogP contribution in [0.15, 0.2) is 0 Å². The summed E-state index contributed by atoms with van der Waals surface area (Å²) in [7, 11) is 0. The number of carbonyl (C=O) groups excluding carboxylic acids is 2. The van der Waals surface area contributed by atoms with Gasteiger partial charge in [-0.25, -0.2) is 4.79 Å². The van der Waals surface area contributed by atoms with Gasteiger partial charge >= 0.3 is 5.97 Å². The first-order valence-electron chi connectivity index (χ1n) is 11.6. The number of hydrogen-bond acceptors (Lipinski definition) is 7. The summed E-state index contributed by atoms with van der Waals surface area (Å²) in [6.07, 6.45) is 4.72. The molecule has 0 spiro atoms. The molecular weight excluding hydrogens is 416 g/mol. The van der Waals surface area contributed by atoms with Crippen molar-refractivity contribution in [1.82, 2.24) is 4.90 Å². The van der Waals surface area contributed by atoms with Gasteiger partial charge < -0.3 is 19.5 Å². The van der Waals surface area contributed by atoms with Crippen molar-refractivity contribution in [2.45, 2.75) is 65.2 Å². The summed E-state index contributed by atoms with van der Waals surface area (Å²) >= 11 is 1.55. The fourth-order valence-electron chi connectivity index (χ4n) is 4.87. The number of anilines is 1. The Balaban J connectivity index is 1.42. The van der Waals surface area contributed by atoms with Crippen molar-refractivity contribution in [3.63, 3.8) is 0 Å². The Morgan fingerprint density at radius 1 is 1.23 bits per heavy atom. The molecule has 0 radical (unpaired) electrons. The van der Waals surface area contributed by atoms with Crippen LogP contribution in [0.5, 0.6) is 0 Å². The highest BCUT2D eigenvalue weighted by atomic mass is 32.1. The molecule has 3 aliphatic rings. The minimum atomic E-state index is -0.324. The number of nitrogens with one attached hydrogen (secondary N) is 1. The summed E-state index contributed by atoms with van der Waals surface area (Å²) in [5, 5.41) is 3.72. The molecule has 2 aliphatic heterocycles. The molecule has 0 unspecified atom stereocenters. The number of hydrogen-bond donors (Lipinski definition) is 1. The Kier molecular flexibility index (Phi) is 7.31. The summed E-state index contributed by atoms with van der Waals surface area (Å²) in [6, 6.07) is -0.264. The van der Waals surface area contributed by atoms with Crippen LogP contribution in [0.4, 0.5) is 5.00 Å². The molecule has 2 atom stereocenters. The molecule has 1 aliphatic carbocycles. The van der Waals surface area contributed by atoms with E-state index in [1.54, 1.807) is 11.3 Å². The van der Waals surface area contributed by atoms with Crippen molar-refractivity contribution in [3.05, 3.63) is 16.0 Å². The van der Waals surface area contributed by atoms with E-state index in [-0.39, 0.29) is 24.2 Å². The van der Waals surface area contributed by atoms with Crippen molar-refractivity contribution >= 4 is 28.2 Å². The molecule has 31 heavy (non-hydrogen) atoms. The van der Waals surface area contributed by atoms with Gasteiger partial charge in [-0.1, -0.05) is 6.92 Å². The SMILES string of the molecule is CCOC(=O)c1c(NC(=O)[C@H](C)N2CCC(C3OCCO3)CC2)sc2c1CC[C@H](C)C2. The Morgan fingerprint density at radius 3 is 2.61 bits per heavy atom.